The standard InChI is InChI=1S/C8H16N2O3.C6H14N2O2/c1-6(11)10-5-3-2-4-7(9)8(12)13;7-4-2-1-3-5(8)6(9)10/h7H,2-5,9H2,1H3,(H,10,11)(H,12,13);5H,1-4,7-8H2,(H,9,10)/t7-;5-/m00/s1. The highest BCUT2D eigenvalue weighted by molar-refractivity contribution is 5.73. The molecule has 0 spiro atoms. The third-order valence-corrected chi connectivity index (χ3v) is 2.92. The van der Waals surface area contributed by atoms with Gasteiger partial charge in [0.05, 0.1) is 0 Å². The van der Waals surface area contributed by atoms with Gasteiger partial charge in [-0.1, -0.05) is 6.42 Å². The van der Waals surface area contributed by atoms with Gasteiger partial charge < -0.3 is 32.7 Å². The first-order valence-corrected chi connectivity index (χ1v) is 7.63. The van der Waals surface area contributed by atoms with Crippen LogP contribution in [0.5, 0.6) is 0 Å². The number of carbonyl (C=O) groups is 3. The summed E-state index contributed by atoms with van der Waals surface area (Å²) in [6.45, 7) is 2.64. The first-order chi connectivity index (χ1) is 10.7. The summed E-state index contributed by atoms with van der Waals surface area (Å²) in [6, 6.07) is -1.50. The predicted molar refractivity (Wildman–Crippen MR) is 86.7 cm³/mol. The van der Waals surface area contributed by atoms with Crippen molar-refractivity contribution in [1.29, 1.82) is 0 Å². The summed E-state index contributed by atoms with van der Waals surface area (Å²) >= 11 is 0. The lowest BCUT2D eigenvalue weighted by molar-refractivity contribution is -0.139. The van der Waals surface area contributed by atoms with E-state index in [2.05, 4.69) is 5.32 Å². The number of carboxylic acids is 2. The average Bonchev–Trinajstić information content (AvgIpc) is 2.46. The third-order valence-electron chi connectivity index (χ3n) is 2.92. The van der Waals surface area contributed by atoms with E-state index in [1.54, 1.807) is 0 Å². The van der Waals surface area contributed by atoms with Gasteiger partial charge in [0.15, 0.2) is 0 Å². The molecule has 0 unspecified atom stereocenters. The van der Waals surface area contributed by atoms with Crippen LogP contribution >= 0.6 is 0 Å². The fourth-order valence-electron chi connectivity index (χ4n) is 1.51. The quantitative estimate of drug-likeness (QED) is 0.266. The summed E-state index contributed by atoms with van der Waals surface area (Å²) in [4.78, 5) is 30.8. The Balaban J connectivity index is 0. The largest absolute Gasteiger partial charge is 0.480 e. The van der Waals surface area contributed by atoms with E-state index in [4.69, 9.17) is 27.4 Å². The van der Waals surface area contributed by atoms with Crippen LogP contribution < -0.4 is 22.5 Å². The van der Waals surface area contributed by atoms with Crippen LogP contribution in [0.4, 0.5) is 0 Å². The van der Waals surface area contributed by atoms with Gasteiger partial charge in [-0.25, -0.2) is 0 Å². The summed E-state index contributed by atoms with van der Waals surface area (Å²) < 4.78 is 0. The van der Waals surface area contributed by atoms with Gasteiger partial charge in [0, 0.05) is 13.5 Å². The highest BCUT2D eigenvalue weighted by Crippen LogP contribution is 1.98. The molecule has 0 aliphatic rings. The van der Waals surface area contributed by atoms with Crippen molar-refractivity contribution >= 4 is 17.8 Å². The summed E-state index contributed by atoms with van der Waals surface area (Å²) in [6.07, 6.45) is 4.10. The average molecular weight is 334 g/mol. The second kappa shape index (κ2) is 15.2. The zero-order chi connectivity index (χ0) is 18.3. The molecule has 0 aromatic heterocycles. The van der Waals surface area contributed by atoms with Crippen LogP contribution in [-0.4, -0.2) is 53.2 Å². The molecule has 0 bridgehead atoms. The number of unbranched alkanes of at least 4 members (excludes halogenated alkanes) is 2. The maximum atomic E-state index is 10.4. The molecule has 2 atom stereocenters. The van der Waals surface area contributed by atoms with Gasteiger partial charge in [-0.05, 0) is 38.6 Å². The van der Waals surface area contributed by atoms with Gasteiger partial charge in [-0.3, -0.25) is 14.4 Å². The van der Waals surface area contributed by atoms with Crippen molar-refractivity contribution in [2.45, 2.75) is 57.5 Å². The van der Waals surface area contributed by atoms with E-state index in [-0.39, 0.29) is 5.91 Å². The van der Waals surface area contributed by atoms with Gasteiger partial charge >= 0.3 is 11.9 Å². The van der Waals surface area contributed by atoms with Crippen molar-refractivity contribution in [2.24, 2.45) is 17.2 Å². The van der Waals surface area contributed by atoms with Crippen LogP contribution in [0, 0.1) is 0 Å². The second-order valence-corrected chi connectivity index (χ2v) is 5.15. The summed E-state index contributed by atoms with van der Waals surface area (Å²) in [7, 11) is 0. The molecule has 0 aliphatic carbocycles. The lowest BCUT2D eigenvalue weighted by atomic mass is 10.1. The van der Waals surface area contributed by atoms with E-state index in [1.165, 1.54) is 6.92 Å². The third kappa shape index (κ3) is 18.2. The molecule has 0 fully saturated rings. The van der Waals surface area contributed by atoms with E-state index >= 15 is 0 Å². The van der Waals surface area contributed by atoms with Crippen LogP contribution in [0.15, 0.2) is 0 Å². The molecule has 0 aromatic carbocycles. The topological polar surface area (TPSA) is 182 Å². The van der Waals surface area contributed by atoms with Crippen molar-refractivity contribution in [3.8, 4) is 0 Å². The van der Waals surface area contributed by atoms with Crippen LogP contribution in [0.1, 0.15) is 45.4 Å². The molecule has 0 rings (SSSR count). The van der Waals surface area contributed by atoms with Gasteiger partial charge in [0.25, 0.3) is 0 Å². The minimum Gasteiger partial charge on any atom is -0.480 e. The van der Waals surface area contributed by atoms with Gasteiger partial charge in [0.1, 0.15) is 12.1 Å². The fourth-order valence-corrected chi connectivity index (χ4v) is 1.51. The summed E-state index contributed by atoms with van der Waals surface area (Å²) in [5, 5.41) is 19.4. The number of hydrogen-bond donors (Lipinski definition) is 6. The Morgan fingerprint density at radius 1 is 0.913 bits per heavy atom. The van der Waals surface area contributed by atoms with Crippen molar-refractivity contribution in [1.82, 2.24) is 5.32 Å². The van der Waals surface area contributed by atoms with E-state index in [1.807, 2.05) is 0 Å². The number of nitrogens with one attached hydrogen (secondary N) is 1. The summed E-state index contributed by atoms with van der Waals surface area (Å²) in [5.41, 5.74) is 15.7. The Labute approximate surface area is 136 Å². The highest BCUT2D eigenvalue weighted by atomic mass is 16.4. The maximum absolute atomic E-state index is 10.4. The normalized spacial score (nSPS) is 12.5. The molecular formula is C14H30N4O5. The minimum atomic E-state index is -0.973. The second-order valence-electron chi connectivity index (χ2n) is 5.15. The molecule has 23 heavy (non-hydrogen) atoms. The van der Waals surface area contributed by atoms with Crippen molar-refractivity contribution in [3.63, 3.8) is 0 Å². The molecule has 9 heteroatoms. The Bertz CT molecular complexity index is 352. The predicted octanol–water partition coefficient (Wildman–Crippen LogP) is -0.768. The van der Waals surface area contributed by atoms with Crippen LogP contribution in [0.2, 0.25) is 0 Å². The first kappa shape index (κ1) is 23.6. The van der Waals surface area contributed by atoms with Gasteiger partial charge in [-0.2, -0.15) is 0 Å². The number of carboxylic acid groups (broad SMARTS) is 2. The molecule has 0 aromatic rings. The minimum absolute atomic E-state index is 0.0671. The molecule has 9 N–H and O–H groups in total. The molecule has 1 amide bonds. The van der Waals surface area contributed by atoms with Crippen LogP contribution in [0.25, 0.3) is 0 Å². The fraction of sp³-hybridized carbons (Fsp3) is 0.786. The Kier molecular flexibility index (Phi) is 15.6. The lowest BCUT2D eigenvalue weighted by Gasteiger charge is -2.05. The van der Waals surface area contributed by atoms with Crippen LogP contribution in [-0.2, 0) is 14.4 Å². The van der Waals surface area contributed by atoms with Crippen LogP contribution in [0.3, 0.4) is 0 Å². The Hall–Kier alpha value is -1.71. The molecule has 0 heterocycles. The molecule has 9 nitrogen and oxygen atoms in total. The number of amides is 1. The van der Waals surface area contributed by atoms with Gasteiger partial charge in [0.2, 0.25) is 5.91 Å². The van der Waals surface area contributed by atoms with Crippen molar-refractivity contribution in [3.05, 3.63) is 0 Å². The zero-order valence-electron chi connectivity index (χ0n) is 13.7. The Morgan fingerprint density at radius 2 is 1.35 bits per heavy atom. The highest BCUT2D eigenvalue weighted by Gasteiger charge is 2.10. The Morgan fingerprint density at radius 3 is 1.70 bits per heavy atom. The van der Waals surface area contributed by atoms with E-state index < -0.39 is 24.0 Å². The molecule has 0 aliphatic heterocycles. The van der Waals surface area contributed by atoms with Crippen molar-refractivity contribution in [2.75, 3.05) is 13.1 Å². The molecular weight excluding hydrogens is 304 g/mol. The number of hydrogen-bond acceptors (Lipinski definition) is 6. The van der Waals surface area contributed by atoms with E-state index in [0.717, 1.165) is 19.3 Å². The zero-order valence-corrected chi connectivity index (χ0v) is 13.7. The molecule has 136 valence electrons. The monoisotopic (exact) mass is 334 g/mol. The first-order valence-electron chi connectivity index (χ1n) is 7.63. The molecule has 0 radical (unpaired) electrons. The molecule has 0 saturated carbocycles. The van der Waals surface area contributed by atoms with Gasteiger partial charge in [-0.15, -0.1) is 0 Å². The molecule has 0 saturated heterocycles. The number of carbonyl (C=O) groups excluding carboxylic acids is 1. The van der Waals surface area contributed by atoms with E-state index in [0.29, 0.717) is 32.4 Å². The maximum Gasteiger partial charge on any atom is 0.320 e. The summed E-state index contributed by atoms with van der Waals surface area (Å²) in [5.74, 6) is -1.97. The SMILES string of the molecule is CC(=O)NCCCC[C@H](N)C(=O)O.NCCCC[C@H](N)C(=O)O. The number of rotatable bonds is 11. The van der Waals surface area contributed by atoms with E-state index in [9.17, 15) is 14.4 Å². The smallest absolute Gasteiger partial charge is 0.320 e. The lowest BCUT2D eigenvalue weighted by Crippen LogP contribution is -2.30. The van der Waals surface area contributed by atoms with Crippen molar-refractivity contribution < 1.29 is 24.6 Å². The number of nitrogens with two attached hydrogens (primary N) is 3. The number of aliphatic carboxylic acids is 2.